The molecule has 0 aliphatic heterocycles. The molecule has 1 fully saturated rings. The van der Waals surface area contributed by atoms with Gasteiger partial charge in [-0.15, -0.1) is 10.2 Å². The normalized spacial score (nSPS) is 25.4. The molecule has 1 aliphatic rings. The van der Waals surface area contributed by atoms with Crippen LogP contribution in [0.4, 0.5) is 11.6 Å². The van der Waals surface area contributed by atoms with Gasteiger partial charge in [0, 0.05) is 6.54 Å². The van der Waals surface area contributed by atoms with Crippen molar-refractivity contribution in [1.82, 2.24) is 10.2 Å². The molecular weight excluding hydrogens is 188 g/mol. The second kappa shape index (κ2) is 4.47. The Morgan fingerprint density at radius 3 is 2.87 bits per heavy atom. The van der Waals surface area contributed by atoms with Gasteiger partial charge in [-0.2, -0.15) is 0 Å². The largest absolute Gasteiger partial charge is 0.382 e. The van der Waals surface area contributed by atoms with E-state index in [0.29, 0.717) is 5.82 Å². The first-order valence-electron chi connectivity index (χ1n) is 5.59. The number of hydrogen-bond acceptors (Lipinski definition) is 4. The van der Waals surface area contributed by atoms with Crippen LogP contribution < -0.4 is 11.1 Å². The van der Waals surface area contributed by atoms with Crippen LogP contribution in [0.1, 0.15) is 26.2 Å². The van der Waals surface area contributed by atoms with Crippen LogP contribution in [0, 0.1) is 11.8 Å². The van der Waals surface area contributed by atoms with E-state index >= 15 is 0 Å². The molecule has 0 radical (unpaired) electrons. The molecule has 15 heavy (non-hydrogen) atoms. The zero-order valence-corrected chi connectivity index (χ0v) is 9.11. The van der Waals surface area contributed by atoms with Gasteiger partial charge in [0.2, 0.25) is 0 Å². The third kappa shape index (κ3) is 2.58. The van der Waals surface area contributed by atoms with Gasteiger partial charge in [-0.3, -0.25) is 0 Å². The van der Waals surface area contributed by atoms with Crippen molar-refractivity contribution in [1.29, 1.82) is 0 Å². The average molecular weight is 206 g/mol. The highest BCUT2D eigenvalue weighted by molar-refractivity contribution is 5.38. The summed E-state index contributed by atoms with van der Waals surface area (Å²) < 4.78 is 0. The average Bonchev–Trinajstić information content (AvgIpc) is 2.63. The van der Waals surface area contributed by atoms with E-state index in [1.807, 2.05) is 6.07 Å². The minimum atomic E-state index is 0.467. The zero-order chi connectivity index (χ0) is 10.7. The summed E-state index contributed by atoms with van der Waals surface area (Å²) in [5, 5.41) is 11.1. The van der Waals surface area contributed by atoms with E-state index in [2.05, 4.69) is 22.4 Å². The Morgan fingerprint density at radius 1 is 1.40 bits per heavy atom. The smallest absolute Gasteiger partial charge is 0.148 e. The molecule has 0 saturated heterocycles. The van der Waals surface area contributed by atoms with Crippen LogP contribution in [0.2, 0.25) is 0 Å². The molecule has 82 valence electrons. The van der Waals surface area contributed by atoms with Crippen LogP contribution in [0.5, 0.6) is 0 Å². The first-order valence-corrected chi connectivity index (χ1v) is 5.59. The number of nitrogen functional groups attached to an aromatic ring is 1. The number of nitrogens with zero attached hydrogens (tertiary/aromatic N) is 2. The molecule has 1 heterocycles. The van der Waals surface area contributed by atoms with Crippen molar-refractivity contribution in [3.8, 4) is 0 Å². The molecule has 0 bridgehead atoms. The first-order chi connectivity index (χ1) is 7.25. The summed E-state index contributed by atoms with van der Waals surface area (Å²) in [6.07, 6.45) is 4.05. The maximum atomic E-state index is 5.47. The lowest BCUT2D eigenvalue weighted by Gasteiger charge is -2.15. The van der Waals surface area contributed by atoms with Gasteiger partial charge in [0.05, 0.1) is 0 Å². The van der Waals surface area contributed by atoms with E-state index in [-0.39, 0.29) is 0 Å². The number of rotatable bonds is 3. The van der Waals surface area contributed by atoms with Crippen molar-refractivity contribution in [2.75, 3.05) is 17.6 Å². The Labute approximate surface area is 90.3 Å². The molecule has 4 nitrogen and oxygen atoms in total. The summed E-state index contributed by atoms with van der Waals surface area (Å²) in [4.78, 5) is 0. The number of nitrogens with two attached hydrogens (primary N) is 1. The summed E-state index contributed by atoms with van der Waals surface area (Å²) in [6, 6.07) is 3.65. The molecule has 3 N–H and O–H groups in total. The molecule has 2 atom stereocenters. The van der Waals surface area contributed by atoms with E-state index in [0.717, 1.165) is 24.2 Å². The predicted molar refractivity (Wildman–Crippen MR) is 61.4 cm³/mol. The molecular formula is C11H18N4. The molecule has 0 spiro atoms. The Balaban J connectivity index is 1.85. The molecule has 1 aromatic rings. The summed E-state index contributed by atoms with van der Waals surface area (Å²) in [5.74, 6) is 2.90. The highest BCUT2D eigenvalue weighted by atomic mass is 15.2. The topological polar surface area (TPSA) is 63.8 Å². The van der Waals surface area contributed by atoms with E-state index in [9.17, 15) is 0 Å². The van der Waals surface area contributed by atoms with Crippen LogP contribution >= 0.6 is 0 Å². The van der Waals surface area contributed by atoms with Crippen molar-refractivity contribution >= 4 is 11.6 Å². The Morgan fingerprint density at radius 2 is 2.27 bits per heavy atom. The fraction of sp³-hybridized carbons (Fsp3) is 0.636. The Bertz CT molecular complexity index is 309. The van der Waals surface area contributed by atoms with Gasteiger partial charge < -0.3 is 11.1 Å². The van der Waals surface area contributed by atoms with E-state index < -0.39 is 0 Å². The van der Waals surface area contributed by atoms with Gasteiger partial charge >= 0.3 is 0 Å². The minimum absolute atomic E-state index is 0.467. The summed E-state index contributed by atoms with van der Waals surface area (Å²) >= 11 is 0. The molecule has 1 aliphatic carbocycles. The summed E-state index contributed by atoms with van der Waals surface area (Å²) in [5.41, 5.74) is 5.47. The van der Waals surface area contributed by atoms with Gasteiger partial charge in [-0.25, -0.2) is 0 Å². The molecule has 0 aromatic carbocycles. The van der Waals surface area contributed by atoms with Crippen molar-refractivity contribution in [2.24, 2.45) is 11.8 Å². The molecule has 4 heteroatoms. The molecule has 1 saturated carbocycles. The highest BCUT2D eigenvalue weighted by Crippen LogP contribution is 2.30. The SMILES string of the molecule is CC1CCCC1CNc1ccc(N)nn1. The van der Waals surface area contributed by atoms with E-state index in [1.165, 1.54) is 19.3 Å². The van der Waals surface area contributed by atoms with Crippen LogP contribution in [0.25, 0.3) is 0 Å². The standard InChI is InChI=1S/C11H18N4/c1-8-3-2-4-9(8)7-13-11-6-5-10(12)14-15-11/h5-6,8-9H,2-4,7H2,1H3,(H2,12,14)(H,13,15). The van der Waals surface area contributed by atoms with E-state index in [1.54, 1.807) is 6.07 Å². The maximum absolute atomic E-state index is 5.47. The molecule has 0 amide bonds. The summed E-state index contributed by atoms with van der Waals surface area (Å²) in [6.45, 7) is 3.33. The van der Waals surface area contributed by atoms with Gasteiger partial charge in [0.25, 0.3) is 0 Å². The van der Waals surface area contributed by atoms with Gasteiger partial charge in [0.15, 0.2) is 0 Å². The van der Waals surface area contributed by atoms with Crippen molar-refractivity contribution in [3.05, 3.63) is 12.1 Å². The number of nitrogens with one attached hydrogen (secondary N) is 1. The second-order valence-corrected chi connectivity index (χ2v) is 4.39. The number of anilines is 2. The van der Waals surface area contributed by atoms with Crippen LogP contribution in [0.15, 0.2) is 12.1 Å². The monoisotopic (exact) mass is 206 g/mol. The summed E-state index contributed by atoms with van der Waals surface area (Å²) in [7, 11) is 0. The van der Waals surface area contributed by atoms with Crippen LogP contribution in [-0.2, 0) is 0 Å². The van der Waals surface area contributed by atoms with Crippen molar-refractivity contribution < 1.29 is 0 Å². The fourth-order valence-corrected chi connectivity index (χ4v) is 2.20. The lowest BCUT2D eigenvalue weighted by Crippen LogP contribution is -2.17. The van der Waals surface area contributed by atoms with E-state index in [4.69, 9.17) is 5.73 Å². The Hall–Kier alpha value is -1.32. The maximum Gasteiger partial charge on any atom is 0.148 e. The zero-order valence-electron chi connectivity index (χ0n) is 9.11. The fourth-order valence-electron chi connectivity index (χ4n) is 2.20. The quantitative estimate of drug-likeness (QED) is 0.793. The van der Waals surface area contributed by atoms with Gasteiger partial charge in [-0.05, 0) is 30.4 Å². The molecule has 2 rings (SSSR count). The van der Waals surface area contributed by atoms with Crippen molar-refractivity contribution in [2.45, 2.75) is 26.2 Å². The number of aromatic nitrogens is 2. The third-order valence-electron chi connectivity index (χ3n) is 3.27. The first kappa shape index (κ1) is 10.2. The third-order valence-corrected chi connectivity index (χ3v) is 3.27. The van der Waals surface area contributed by atoms with Crippen molar-refractivity contribution in [3.63, 3.8) is 0 Å². The Kier molecular flexibility index (Phi) is 3.04. The number of hydrogen-bond donors (Lipinski definition) is 2. The van der Waals surface area contributed by atoms with Crippen LogP contribution in [0.3, 0.4) is 0 Å². The molecule has 1 aromatic heterocycles. The predicted octanol–water partition coefficient (Wildman–Crippen LogP) is 1.91. The van der Waals surface area contributed by atoms with Gasteiger partial charge in [0.1, 0.15) is 11.6 Å². The lowest BCUT2D eigenvalue weighted by atomic mass is 9.98. The second-order valence-electron chi connectivity index (χ2n) is 4.39. The lowest BCUT2D eigenvalue weighted by molar-refractivity contribution is 0.439. The van der Waals surface area contributed by atoms with Gasteiger partial charge in [-0.1, -0.05) is 19.8 Å². The van der Waals surface area contributed by atoms with Crippen LogP contribution in [-0.4, -0.2) is 16.7 Å². The molecule has 2 unspecified atom stereocenters. The minimum Gasteiger partial charge on any atom is -0.382 e. The highest BCUT2D eigenvalue weighted by Gasteiger charge is 2.22.